The summed E-state index contributed by atoms with van der Waals surface area (Å²) in [5.74, 6) is 0.140. The standard InChI is InChI=1S/C18H13F2N3O5S2/c19-18(20)27-14-3-1-2-13(16(14)28-18)23-7-8-26-15-10-11(4-5-12(15)23)30(24,25)22-17-21-6-9-29-17/h1-6,9-10H,7-8H2,(H,21,22). The number of halogens is 2. The molecule has 3 aromatic rings. The zero-order valence-corrected chi connectivity index (χ0v) is 16.7. The molecule has 0 spiro atoms. The first-order valence-corrected chi connectivity index (χ1v) is 11.0. The molecule has 30 heavy (non-hydrogen) atoms. The number of alkyl halides is 2. The van der Waals surface area contributed by atoms with Crippen LogP contribution in [0.2, 0.25) is 0 Å². The quantitative estimate of drug-likeness (QED) is 0.643. The lowest BCUT2D eigenvalue weighted by molar-refractivity contribution is -0.286. The molecule has 8 nitrogen and oxygen atoms in total. The smallest absolute Gasteiger partial charge is 0.489 e. The Bertz CT molecular complexity index is 1220. The van der Waals surface area contributed by atoms with Crippen LogP contribution in [0.5, 0.6) is 17.2 Å². The second-order valence-corrected chi connectivity index (χ2v) is 8.92. The van der Waals surface area contributed by atoms with E-state index in [1.807, 2.05) is 0 Å². The summed E-state index contributed by atoms with van der Waals surface area (Å²) < 4.78 is 69.6. The molecule has 3 heterocycles. The SMILES string of the molecule is O=S(=O)(Nc1nccs1)c1ccc2c(c1)OCCN2c1cccc2c1OC(F)(F)O2. The highest BCUT2D eigenvalue weighted by atomic mass is 32.2. The molecule has 1 N–H and O–H groups in total. The predicted octanol–water partition coefficient (Wildman–Crippen LogP) is 3.80. The Kier molecular flexibility index (Phi) is 4.22. The molecule has 2 aliphatic rings. The summed E-state index contributed by atoms with van der Waals surface area (Å²) >= 11 is 1.15. The molecule has 0 saturated carbocycles. The minimum Gasteiger partial charge on any atom is -0.489 e. The molecule has 1 aromatic heterocycles. The molecule has 0 radical (unpaired) electrons. The topological polar surface area (TPSA) is 90.0 Å². The third-order valence-electron chi connectivity index (χ3n) is 4.46. The normalized spacial score (nSPS) is 16.7. The van der Waals surface area contributed by atoms with Crippen molar-refractivity contribution in [2.45, 2.75) is 11.2 Å². The minimum absolute atomic E-state index is 0.0114. The van der Waals surface area contributed by atoms with Crippen LogP contribution in [0.25, 0.3) is 0 Å². The van der Waals surface area contributed by atoms with Crippen molar-refractivity contribution < 1.29 is 31.4 Å². The molecule has 0 aliphatic carbocycles. The van der Waals surface area contributed by atoms with Crippen molar-refractivity contribution in [3.63, 3.8) is 0 Å². The van der Waals surface area contributed by atoms with E-state index >= 15 is 0 Å². The van der Waals surface area contributed by atoms with Crippen molar-refractivity contribution in [1.29, 1.82) is 0 Å². The molecule has 156 valence electrons. The van der Waals surface area contributed by atoms with Crippen LogP contribution in [0.15, 0.2) is 52.9 Å². The summed E-state index contributed by atoms with van der Waals surface area (Å²) in [7, 11) is -3.87. The molecule has 12 heteroatoms. The number of benzene rings is 2. The number of thiazole rings is 1. The van der Waals surface area contributed by atoms with Gasteiger partial charge in [-0.25, -0.2) is 13.4 Å². The highest BCUT2D eigenvalue weighted by molar-refractivity contribution is 7.93. The first kappa shape index (κ1) is 18.9. The van der Waals surface area contributed by atoms with Crippen LogP contribution < -0.4 is 23.8 Å². The Morgan fingerprint density at radius 1 is 1.13 bits per heavy atom. The van der Waals surface area contributed by atoms with Gasteiger partial charge in [0.05, 0.1) is 22.8 Å². The summed E-state index contributed by atoms with van der Waals surface area (Å²) in [5.41, 5.74) is 0.882. The number of para-hydroxylation sites is 1. The van der Waals surface area contributed by atoms with Gasteiger partial charge in [0.15, 0.2) is 16.6 Å². The van der Waals surface area contributed by atoms with Gasteiger partial charge >= 0.3 is 6.29 Å². The van der Waals surface area contributed by atoms with Crippen LogP contribution in [0.1, 0.15) is 0 Å². The third-order valence-corrected chi connectivity index (χ3v) is 6.61. The predicted molar refractivity (Wildman–Crippen MR) is 105 cm³/mol. The number of aromatic nitrogens is 1. The first-order chi connectivity index (χ1) is 14.3. The second-order valence-electron chi connectivity index (χ2n) is 6.34. The Hall–Kier alpha value is -3.12. The number of fused-ring (bicyclic) bond motifs is 2. The van der Waals surface area contributed by atoms with E-state index in [1.165, 1.54) is 24.4 Å². The number of rotatable bonds is 4. The maximum atomic E-state index is 13.6. The van der Waals surface area contributed by atoms with Gasteiger partial charge in [-0.05, 0) is 24.3 Å². The van der Waals surface area contributed by atoms with E-state index < -0.39 is 16.3 Å². The van der Waals surface area contributed by atoms with Gasteiger partial charge in [-0.2, -0.15) is 0 Å². The maximum absolute atomic E-state index is 13.6. The van der Waals surface area contributed by atoms with Crippen LogP contribution in [0, 0.1) is 0 Å². The van der Waals surface area contributed by atoms with Gasteiger partial charge < -0.3 is 19.1 Å². The molecule has 2 aliphatic heterocycles. The van der Waals surface area contributed by atoms with Crippen molar-refractivity contribution in [1.82, 2.24) is 4.98 Å². The Morgan fingerprint density at radius 2 is 2.00 bits per heavy atom. The van der Waals surface area contributed by atoms with Crippen molar-refractivity contribution in [2.24, 2.45) is 0 Å². The number of hydrogen-bond acceptors (Lipinski definition) is 8. The van der Waals surface area contributed by atoms with Gasteiger partial charge in [-0.3, -0.25) is 4.72 Å². The second kappa shape index (κ2) is 6.71. The lowest BCUT2D eigenvalue weighted by Crippen LogP contribution is -2.30. The summed E-state index contributed by atoms with van der Waals surface area (Å²) in [6.45, 7) is 0.569. The van der Waals surface area contributed by atoms with Crippen molar-refractivity contribution in [3.8, 4) is 17.2 Å². The van der Waals surface area contributed by atoms with Crippen LogP contribution in [0.4, 0.5) is 25.3 Å². The van der Waals surface area contributed by atoms with Crippen LogP contribution in [-0.4, -0.2) is 32.8 Å². The number of nitrogens with zero attached hydrogens (tertiary/aromatic N) is 2. The van der Waals surface area contributed by atoms with E-state index in [9.17, 15) is 17.2 Å². The number of anilines is 3. The largest absolute Gasteiger partial charge is 0.586 e. The Morgan fingerprint density at radius 3 is 2.80 bits per heavy atom. The van der Waals surface area contributed by atoms with Crippen LogP contribution in [0.3, 0.4) is 0 Å². The lowest BCUT2D eigenvalue weighted by atomic mass is 10.2. The Labute approximate surface area is 173 Å². The van der Waals surface area contributed by atoms with Gasteiger partial charge in [0.2, 0.25) is 0 Å². The molecular formula is C18H13F2N3O5S2. The summed E-state index contributed by atoms with van der Waals surface area (Å²) in [4.78, 5) is 5.62. The molecule has 0 fully saturated rings. The fourth-order valence-corrected chi connectivity index (χ4v) is 5.04. The third kappa shape index (κ3) is 3.27. The summed E-state index contributed by atoms with van der Waals surface area (Å²) in [6, 6.07) is 8.93. The number of ether oxygens (including phenoxy) is 3. The molecule has 5 rings (SSSR count). The molecule has 0 atom stereocenters. The number of nitrogens with one attached hydrogen (secondary N) is 1. The zero-order valence-electron chi connectivity index (χ0n) is 15.0. The maximum Gasteiger partial charge on any atom is 0.586 e. The highest BCUT2D eigenvalue weighted by Crippen LogP contribution is 2.50. The van der Waals surface area contributed by atoms with Gasteiger partial charge in [0.25, 0.3) is 10.0 Å². The summed E-state index contributed by atoms with van der Waals surface area (Å²) in [5, 5.41) is 1.90. The van der Waals surface area contributed by atoms with E-state index in [2.05, 4.69) is 19.2 Å². The monoisotopic (exact) mass is 453 g/mol. The molecule has 0 saturated heterocycles. The molecular weight excluding hydrogens is 440 g/mol. The first-order valence-electron chi connectivity index (χ1n) is 8.68. The zero-order chi connectivity index (χ0) is 20.9. The highest BCUT2D eigenvalue weighted by Gasteiger charge is 2.45. The fraction of sp³-hybridized carbons (Fsp3) is 0.167. The lowest BCUT2D eigenvalue weighted by Gasteiger charge is -2.32. The van der Waals surface area contributed by atoms with Gasteiger partial charge in [-0.1, -0.05) is 6.07 Å². The van der Waals surface area contributed by atoms with Gasteiger partial charge in [0.1, 0.15) is 12.4 Å². The van der Waals surface area contributed by atoms with Gasteiger partial charge in [-0.15, -0.1) is 20.1 Å². The average Bonchev–Trinajstić information content (AvgIpc) is 3.32. The van der Waals surface area contributed by atoms with Crippen LogP contribution >= 0.6 is 11.3 Å². The summed E-state index contributed by atoms with van der Waals surface area (Å²) in [6.07, 6.45) is -2.25. The molecule has 0 unspecified atom stereocenters. The van der Waals surface area contributed by atoms with E-state index in [-0.39, 0.29) is 28.1 Å². The van der Waals surface area contributed by atoms with Crippen molar-refractivity contribution in [3.05, 3.63) is 48.0 Å². The van der Waals surface area contributed by atoms with Gasteiger partial charge in [0, 0.05) is 17.6 Å². The van der Waals surface area contributed by atoms with E-state index in [1.54, 1.807) is 28.5 Å². The van der Waals surface area contributed by atoms with Crippen LogP contribution in [-0.2, 0) is 10.0 Å². The van der Waals surface area contributed by atoms with E-state index in [0.29, 0.717) is 23.7 Å². The number of hydrogen-bond donors (Lipinski definition) is 1. The molecule has 0 bridgehead atoms. The minimum atomic E-state index is -3.87. The number of sulfonamides is 1. The van der Waals surface area contributed by atoms with E-state index in [4.69, 9.17) is 4.74 Å². The fourth-order valence-electron chi connectivity index (χ4n) is 3.23. The van der Waals surface area contributed by atoms with Crippen molar-refractivity contribution >= 4 is 37.9 Å². The molecule has 0 amide bonds. The average molecular weight is 453 g/mol. The molecule has 2 aromatic carbocycles. The Balaban J connectivity index is 1.51. The van der Waals surface area contributed by atoms with E-state index in [0.717, 1.165) is 11.3 Å². The van der Waals surface area contributed by atoms with Crippen molar-refractivity contribution in [2.75, 3.05) is 22.8 Å².